The van der Waals surface area contributed by atoms with Crippen LogP contribution in [0.5, 0.6) is 17.2 Å². The molecule has 1 atom stereocenters. The number of ether oxygens (including phenoxy) is 3. The maximum absolute atomic E-state index is 6.20. The van der Waals surface area contributed by atoms with E-state index >= 15 is 0 Å². The van der Waals surface area contributed by atoms with E-state index in [1.807, 2.05) is 30.3 Å². The highest BCUT2D eigenvalue weighted by molar-refractivity contribution is 5.45. The molecule has 0 radical (unpaired) electrons. The summed E-state index contributed by atoms with van der Waals surface area (Å²) in [6, 6.07) is 11.6. The molecule has 2 N–H and O–H groups in total. The van der Waals surface area contributed by atoms with Gasteiger partial charge in [0, 0.05) is 0 Å². The molecule has 0 aliphatic carbocycles. The molecule has 0 amide bonds. The van der Waals surface area contributed by atoms with Crippen LogP contribution in [0.2, 0.25) is 0 Å². The Morgan fingerprint density at radius 1 is 1.14 bits per heavy atom. The third-order valence-electron chi connectivity index (χ3n) is 3.80. The zero-order valence-corrected chi connectivity index (χ0v) is 12.3. The van der Waals surface area contributed by atoms with Gasteiger partial charge in [-0.1, -0.05) is 18.2 Å². The maximum Gasteiger partial charge on any atom is 0.231 e. The molecular formula is C17H19NO3. The van der Waals surface area contributed by atoms with Gasteiger partial charge in [-0.05, 0) is 48.7 Å². The lowest BCUT2D eigenvalue weighted by Gasteiger charge is -2.16. The van der Waals surface area contributed by atoms with Gasteiger partial charge in [-0.3, -0.25) is 0 Å². The summed E-state index contributed by atoms with van der Waals surface area (Å²) in [6.45, 7) is 4.81. The first kappa shape index (κ1) is 13.8. The minimum atomic E-state index is -0.209. The van der Waals surface area contributed by atoms with Gasteiger partial charge in [-0.2, -0.15) is 0 Å². The van der Waals surface area contributed by atoms with Gasteiger partial charge in [0.25, 0.3) is 0 Å². The molecule has 0 saturated heterocycles. The van der Waals surface area contributed by atoms with Crippen LogP contribution in [0.1, 0.15) is 22.7 Å². The predicted molar refractivity (Wildman–Crippen MR) is 80.9 cm³/mol. The molecule has 2 aromatic rings. The van der Waals surface area contributed by atoms with Crippen molar-refractivity contribution in [3.8, 4) is 17.2 Å². The van der Waals surface area contributed by atoms with Crippen molar-refractivity contribution in [2.45, 2.75) is 19.9 Å². The highest BCUT2D eigenvalue weighted by atomic mass is 16.7. The van der Waals surface area contributed by atoms with Crippen LogP contribution in [-0.2, 0) is 0 Å². The molecule has 1 unspecified atom stereocenters. The number of aryl methyl sites for hydroxylation is 1. The Morgan fingerprint density at radius 2 is 1.95 bits per heavy atom. The molecule has 3 rings (SSSR count). The number of benzene rings is 2. The summed E-state index contributed by atoms with van der Waals surface area (Å²) in [5.41, 5.74) is 9.54. The first-order valence-electron chi connectivity index (χ1n) is 6.99. The van der Waals surface area contributed by atoms with E-state index in [2.05, 4.69) is 19.9 Å². The molecule has 21 heavy (non-hydrogen) atoms. The lowest BCUT2D eigenvalue weighted by Crippen LogP contribution is -2.19. The van der Waals surface area contributed by atoms with E-state index in [1.54, 1.807) is 0 Å². The van der Waals surface area contributed by atoms with Gasteiger partial charge in [-0.15, -0.1) is 0 Å². The van der Waals surface area contributed by atoms with Crippen LogP contribution in [0.3, 0.4) is 0 Å². The van der Waals surface area contributed by atoms with Gasteiger partial charge in [0.15, 0.2) is 11.5 Å². The zero-order chi connectivity index (χ0) is 14.8. The van der Waals surface area contributed by atoms with E-state index in [1.165, 1.54) is 5.56 Å². The molecule has 4 nitrogen and oxygen atoms in total. The number of hydrogen-bond donors (Lipinski definition) is 1. The third-order valence-corrected chi connectivity index (χ3v) is 3.80. The summed E-state index contributed by atoms with van der Waals surface area (Å²) in [5, 5.41) is 0. The summed E-state index contributed by atoms with van der Waals surface area (Å²) in [6.07, 6.45) is 0. The fourth-order valence-corrected chi connectivity index (χ4v) is 2.30. The lowest BCUT2D eigenvalue weighted by atomic mass is 10.1. The Bertz CT molecular complexity index is 654. The summed E-state index contributed by atoms with van der Waals surface area (Å²) < 4.78 is 16.5. The van der Waals surface area contributed by atoms with Crippen molar-refractivity contribution >= 4 is 0 Å². The zero-order valence-electron chi connectivity index (χ0n) is 12.3. The molecule has 1 aliphatic heterocycles. The summed E-state index contributed by atoms with van der Waals surface area (Å²) in [5.74, 6) is 2.39. The van der Waals surface area contributed by atoms with Crippen molar-refractivity contribution in [3.05, 3.63) is 53.1 Å². The van der Waals surface area contributed by atoms with E-state index < -0.39 is 0 Å². The van der Waals surface area contributed by atoms with Crippen molar-refractivity contribution in [2.24, 2.45) is 5.73 Å². The van der Waals surface area contributed by atoms with E-state index in [-0.39, 0.29) is 12.8 Å². The molecule has 1 aliphatic rings. The van der Waals surface area contributed by atoms with Crippen LogP contribution >= 0.6 is 0 Å². The van der Waals surface area contributed by atoms with Gasteiger partial charge in [0.1, 0.15) is 12.4 Å². The molecule has 110 valence electrons. The number of rotatable bonds is 4. The van der Waals surface area contributed by atoms with Crippen LogP contribution in [0.25, 0.3) is 0 Å². The second-order valence-corrected chi connectivity index (χ2v) is 5.23. The fraction of sp³-hybridized carbons (Fsp3) is 0.294. The van der Waals surface area contributed by atoms with Gasteiger partial charge in [0.2, 0.25) is 6.79 Å². The van der Waals surface area contributed by atoms with E-state index in [9.17, 15) is 0 Å². The normalized spacial score (nSPS) is 14.0. The number of hydrogen-bond acceptors (Lipinski definition) is 4. The van der Waals surface area contributed by atoms with Crippen LogP contribution in [0.4, 0.5) is 0 Å². The molecule has 0 fully saturated rings. The summed E-state index contributed by atoms with van der Waals surface area (Å²) in [4.78, 5) is 0. The Kier molecular flexibility index (Phi) is 3.71. The second-order valence-electron chi connectivity index (χ2n) is 5.23. The van der Waals surface area contributed by atoms with Crippen LogP contribution in [0.15, 0.2) is 36.4 Å². The monoisotopic (exact) mass is 285 g/mol. The fourth-order valence-electron chi connectivity index (χ4n) is 2.30. The summed E-state index contributed by atoms with van der Waals surface area (Å²) >= 11 is 0. The second kappa shape index (κ2) is 5.66. The molecule has 4 heteroatoms. The molecular weight excluding hydrogens is 266 g/mol. The van der Waals surface area contributed by atoms with Crippen molar-refractivity contribution in [1.29, 1.82) is 0 Å². The van der Waals surface area contributed by atoms with E-state index in [0.29, 0.717) is 6.61 Å². The van der Waals surface area contributed by atoms with Gasteiger partial charge >= 0.3 is 0 Å². The largest absolute Gasteiger partial charge is 0.491 e. The highest BCUT2D eigenvalue weighted by Crippen LogP contribution is 2.34. The van der Waals surface area contributed by atoms with Gasteiger partial charge in [-0.25, -0.2) is 0 Å². The van der Waals surface area contributed by atoms with Crippen LogP contribution in [0, 0.1) is 13.8 Å². The first-order chi connectivity index (χ1) is 10.1. The molecule has 0 spiro atoms. The first-order valence-corrected chi connectivity index (χ1v) is 6.99. The van der Waals surface area contributed by atoms with E-state index in [4.69, 9.17) is 19.9 Å². The molecule has 2 aromatic carbocycles. The minimum Gasteiger partial charge on any atom is -0.491 e. The Morgan fingerprint density at radius 3 is 2.81 bits per heavy atom. The smallest absolute Gasteiger partial charge is 0.231 e. The minimum absolute atomic E-state index is 0.209. The quantitative estimate of drug-likeness (QED) is 0.937. The van der Waals surface area contributed by atoms with Gasteiger partial charge in [0.05, 0.1) is 6.04 Å². The molecule has 0 bridgehead atoms. The summed E-state index contributed by atoms with van der Waals surface area (Å²) in [7, 11) is 0. The standard InChI is InChI=1S/C17H19NO3/c1-11-4-3-5-15(12(11)2)19-9-14(18)13-6-7-16-17(8-13)21-10-20-16/h3-8,14H,9-10,18H2,1-2H3. The van der Waals surface area contributed by atoms with Crippen molar-refractivity contribution < 1.29 is 14.2 Å². The molecule has 0 aromatic heterocycles. The Labute approximate surface area is 124 Å². The average Bonchev–Trinajstić information content (AvgIpc) is 2.96. The molecule has 0 saturated carbocycles. The average molecular weight is 285 g/mol. The topological polar surface area (TPSA) is 53.7 Å². The Balaban J connectivity index is 1.69. The maximum atomic E-state index is 6.20. The van der Waals surface area contributed by atoms with Gasteiger partial charge < -0.3 is 19.9 Å². The molecule has 1 heterocycles. The van der Waals surface area contributed by atoms with Crippen LogP contribution < -0.4 is 19.9 Å². The number of nitrogens with two attached hydrogens (primary N) is 1. The SMILES string of the molecule is Cc1cccc(OCC(N)c2ccc3c(c2)OCO3)c1C. The van der Waals surface area contributed by atoms with E-state index in [0.717, 1.165) is 28.4 Å². The van der Waals surface area contributed by atoms with Crippen LogP contribution in [-0.4, -0.2) is 13.4 Å². The van der Waals surface area contributed by atoms with Crippen molar-refractivity contribution in [3.63, 3.8) is 0 Å². The highest BCUT2D eigenvalue weighted by Gasteiger charge is 2.16. The predicted octanol–water partition coefficient (Wildman–Crippen LogP) is 3.11. The van der Waals surface area contributed by atoms with Crippen molar-refractivity contribution in [2.75, 3.05) is 13.4 Å². The Hall–Kier alpha value is -2.20. The third kappa shape index (κ3) is 2.81. The number of fused-ring (bicyclic) bond motifs is 1. The van der Waals surface area contributed by atoms with Crippen molar-refractivity contribution in [1.82, 2.24) is 0 Å². The lowest BCUT2D eigenvalue weighted by molar-refractivity contribution is 0.174.